The number of likely N-dealkylation sites (N-methyl/N-ethyl adjacent to an activating group) is 1. The van der Waals surface area contributed by atoms with Crippen molar-refractivity contribution in [1.82, 2.24) is 24.9 Å². The minimum Gasteiger partial charge on any atom is -0.373 e. The van der Waals surface area contributed by atoms with Crippen LogP contribution in [0.5, 0.6) is 0 Å². The molecule has 3 aliphatic rings. The van der Waals surface area contributed by atoms with Gasteiger partial charge < -0.3 is 19.9 Å². The molecule has 7 nitrogen and oxygen atoms in total. The number of guanidine groups is 1. The average Bonchev–Trinajstić information content (AvgIpc) is 3.23. The molecule has 3 fully saturated rings. The molecule has 0 radical (unpaired) electrons. The molecule has 1 aromatic rings. The average molecular weight is 571 g/mol. The fourth-order valence-corrected chi connectivity index (χ4v) is 5.41. The predicted molar refractivity (Wildman–Crippen MR) is 146 cm³/mol. The van der Waals surface area contributed by atoms with Gasteiger partial charge in [0.1, 0.15) is 0 Å². The highest BCUT2D eigenvalue weighted by Crippen LogP contribution is 2.25. The monoisotopic (exact) mass is 570 g/mol. The molecule has 0 bridgehead atoms. The number of likely N-dealkylation sites (tertiary alicyclic amines) is 1. The van der Waals surface area contributed by atoms with Gasteiger partial charge in [-0.1, -0.05) is 44.2 Å². The number of hydrogen-bond donors (Lipinski definition) is 1. The number of rotatable bonds is 6. The van der Waals surface area contributed by atoms with Gasteiger partial charge in [-0.15, -0.1) is 24.0 Å². The van der Waals surface area contributed by atoms with Crippen LogP contribution >= 0.6 is 24.0 Å². The Labute approximate surface area is 217 Å². The smallest absolute Gasteiger partial charge is 0.193 e. The largest absolute Gasteiger partial charge is 0.373 e. The second-order valence-electron chi connectivity index (χ2n) is 9.92. The van der Waals surface area contributed by atoms with Crippen molar-refractivity contribution in [2.45, 2.75) is 38.6 Å². The van der Waals surface area contributed by atoms with Crippen molar-refractivity contribution in [3.63, 3.8) is 0 Å². The Balaban J connectivity index is 0.00000306. The summed E-state index contributed by atoms with van der Waals surface area (Å²) < 4.78 is 6.18. The van der Waals surface area contributed by atoms with Crippen molar-refractivity contribution in [2.24, 2.45) is 10.9 Å². The summed E-state index contributed by atoms with van der Waals surface area (Å²) in [7, 11) is 4.13. The number of fused-ring (bicyclic) bond motifs is 1. The van der Waals surface area contributed by atoms with Gasteiger partial charge in [0.2, 0.25) is 0 Å². The number of aliphatic imine (C=N–C) groups is 1. The van der Waals surface area contributed by atoms with E-state index >= 15 is 0 Å². The zero-order chi connectivity index (χ0) is 22.5. The van der Waals surface area contributed by atoms with E-state index in [1.165, 1.54) is 5.56 Å². The minimum atomic E-state index is 0. The van der Waals surface area contributed by atoms with E-state index < -0.39 is 0 Å². The molecule has 0 amide bonds. The first-order valence-corrected chi connectivity index (χ1v) is 12.3. The standard InChI is InChI=1S/C25H42N6O.HI/c1-20(2)22(29-12-10-28(4)11-13-29)16-27-25(26-3)31-18-23-24(19-31)32-15-14-30(23)17-21-8-6-5-7-9-21;/h5-9,20,22-24H,10-19H2,1-4H3,(H,26,27);1H. The van der Waals surface area contributed by atoms with Crippen LogP contribution in [0.4, 0.5) is 0 Å². The van der Waals surface area contributed by atoms with E-state index in [-0.39, 0.29) is 30.1 Å². The van der Waals surface area contributed by atoms with E-state index in [1.807, 2.05) is 7.05 Å². The molecule has 3 unspecified atom stereocenters. The summed E-state index contributed by atoms with van der Waals surface area (Å²) in [6.07, 6.45) is 0.254. The summed E-state index contributed by atoms with van der Waals surface area (Å²) in [5.41, 5.74) is 1.38. The predicted octanol–water partition coefficient (Wildman–Crippen LogP) is 2.04. The molecule has 3 atom stereocenters. The Morgan fingerprint density at radius 2 is 1.82 bits per heavy atom. The van der Waals surface area contributed by atoms with E-state index in [0.29, 0.717) is 18.0 Å². The molecule has 33 heavy (non-hydrogen) atoms. The Morgan fingerprint density at radius 3 is 2.48 bits per heavy atom. The van der Waals surface area contributed by atoms with Crippen LogP contribution in [0.3, 0.4) is 0 Å². The van der Waals surface area contributed by atoms with Crippen LogP contribution < -0.4 is 5.32 Å². The van der Waals surface area contributed by atoms with E-state index in [2.05, 4.69) is 81.1 Å². The van der Waals surface area contributed by atoms with Crippen LogP contribution in [0.1, 0.15) is 19.4 Å². The van der Waals surface area contributed by atoms with Gasteiger partial charge in [-0.25, -0.2) is 0 Å². The van der Waals surface area contributed by atoms with Crippen molar-refractivity contribution in [1.29, 1.82) is 0 Å². The summed E-state index contributed by atoms with van der Waals surface area (Å²) in [6.45, 7) is 14.9. The van der Waals surface area contributed by atoms with E-state index in [4.69, 9.17) is 4.74 Å². The van der Waals surface area contributed by atoms with Crippen molar-refractivity contribution in [2.75, 3.05) is 73.1 Å². The van der Waals surface area contributed by atoms with Crippen molar-refractivity contribution in [3.05, 3.63) is 35.9 Å². The maximum atomic E-state index is 6.18. The molecule has 0 spiro atoms. The Morgan fingerprint density at radius 1 is 1.09 bits per heavy atom. The molecule has 8 heteroatoms. The summed E-state index contributed by atoms with van der Waals surface area (Å²) in [6, 6.07) is 11.7. The fourth-order valence-electron chi connectivity index (χ4n) is 5.41. The van der Waals surface area contributed by atoms with E-state index in [0.717, 1.165) is 71.5 Å². The van der Waals surface area contributed by atoms with Gasteiger partial charge in [-0.05, 0) is 18.5 Å². The molecular formula is C25H43IN6O. The van der Waals surface area contributed by atoms with Gasteiger partial charge in [0.25, 0.3) is 0 Å². The highest BCUT2D eigenvalue weighted by atomic mass is 127. The second-order valence-corrected chi connectivity index (χ2v) is 9.92. The van der Waals surface area contributed by atoms with Crippen LogP contribution in [0.25, 0.3) is 0 Å². The molecule has 0 saturated carbocycles. The van der Waals surface area contributed by atoms with Crippen LogP contribution in [0.15, 0.2) is 35.3 Å². The lowest BCUT2D eigenvalue weighted by molar-refractivity contribution is -0.0502. The Hall–Kier alpha value is -0.940. The lowest BCUT2D eigenvalue weighted by atomic mass is 10.0. The molecule has 4 rings (SSSR count). The highest BCUT2D eigenvalue weighted by molar-refractivity contribution is 14.0. The number of morpholine rings is 1. The first-order valence-electron chi connectivity index (χ1n) is 12.3. The van der Waals surface area contributed by atoms with Crippen molar-refractivity contribution in [3.8, 4) is 0 Å². The normalized spacial score (nSPS) is 26.2. The second kappa shape index (κ2) is 12.7. The minimum absolute atomic E-state index is 0. The molecule has 0 aromatic heterocycles. The summed E-state index contributed by atoms with van der Waals surface area (Å²) >= 11 is 0. The maximum absolute atomic E-state index is 6.18. The van der Waals surface area contributed by atoms with Gasteiger partial charge in [-0.3, -0.25) is 14.8 Å². The Bertz CT molecular complexity index is 740. The third kappa shape index (κ3) is 6.81. The van der Waals surface area contributed by atoms with Crippen molar-refractivity contribution >= 4 is 29.9 Å². The van der Waals surface area contributed by atoms with Crippen LogP contribution in [0.2, 0.25) is 0 Å². The van der Waals surface area contributed by atoms with E-state index in [1.54, 1.807) is 0 Å². The highest BCUT2D eigenvalue weighted by Gasteiger charge is 2.41. The molecule has 1 aromatic carbocycles. The van der Waals surface area contributed by atoms with Gasteiger partial charge in [0.15, 0.2) is 5.96 Å². The molecule has 3 heterocycles. The quantitative estimate of drug-likeness (QED) is 0.321. The first-order chi connectivity index (χ1) is 15.5. The molecule has 1 N–H and O–H groups in total. The lowest BCUT2D eigenvalue weighted by Crippen LogP contribution is -2.55. The maximum Gasteiger partial charge on any atom is 0.193 e. The summed E-state index contributed by atoms with van der Waals surface area (Å²) in [5, 5.41) is 3.72. The van der Waals surface area contributed by atoms with Crippen molar-refractivity contribution < 1.29 is 4.74 Å². The van der Waals surface area contributed by atoms with Gasteiger partial charge in [-0.2, -0.15) is 0 Å². The molecule has 3 aliphatic heterocycles. The number of halogens is 1. The molecule has 186 valence electrons. The first kappa shape index (κ1) is 26.7. The van der Waals surface area contributed by atoms with Crippen LogP contribution in [-0.2, 0) is 11.3 Å². The number of ether oxygens (including phenoxy) is 1. The number of piperazine rings is 1. The zero-order valence-electron chi connectivity index (χ0n) is 20.8. The van der Waals surface area contributed by atoms with Gasteiger partial charge in [0.05, 0.1) is 18.8 Å². The SMILES string of the molecule is CN=C(NCC(C(C)C)N1CCN(C)CC1)N1CC2OCCN(Cc3ccccc3)C2C1.I. The Kier molecular flexibility index (Phi) is 10.2. The number of nitrogens with one attached hydrogen (secondary N) is 1. The molecule has 0 aliphatic carbocycles. The summed E-state index contributed by atoms with van der Waals surface area (Å²) in [5.74, 6) is 1.62. The number of nitrogens with zero attached hydrogens (tertiary/aromatic N) is 5. The van der Waals surface area contributed by atoms with Crippen LogP contribution in [0, 0.1) is 5.92 Å². The van der Waals surface area contributed by atoms with Gasteiger partial charge in [0, 0.05) is 72.0 Å². The van der Waals surface area contributed by atoms with Crippen LogP contribution in [-0.4, -0.2) is 117 Å². The summed E-state index contributed by atoms with van der Waals surface area (Å²) in [4.78, 5) is 14.7. The lowest BCUT2D eigenvalue weighted by Gasteiger charge is -2.40. The topological polar surface area (TPSA) is 46.6 Å². The number of hydrogen-bond acceptors (Lipinski definition) is 5. The third-order valence-corrected chi connectivity index (χ3v) is 7.40. The van der Waals surface area contributed by atoms with E-state index in [9.17, 15) is 0 Å². The fraction of sp³-hybridized carbons (Fsp3) is 0.720. The zero-order valence-corrected chi connectivity index (χ0v) is 23.2. The van der Waals surface area contributed by atoms with Gasteiger partial charge >= 0.3 is 0 Å². The molecule has 3 saturated heterocycles. The third-order valence-electron chi connectivity index (χ3n) is 7.40. The molecular weight excluding hydrogens is 527 g/mol. The number of benzene rings is 1.